The van der Waals surface area contributed by atoms with E-state index in [-0.39, 0.29) is 5.91 Å². The van der Waals surface area contributed by atoms with Gasteiger partial charge in [0, 0.05) is 37.1 Å². The molecule has 1 amide bonds. The van der Waals surface area contributed by atoms with Crippen LogP contribution in [0.2, 0.25) is 0 Å². The molecule has 3 aromatic carbocycles. The lowest BCUT2D eigenvalue weighted by Crippen LogP contribution is -2.41. The molecule has 0 fully saturated rings. The molecule has 2 atom stereocenters. The zero-order valence-corrected chi connectivity index (χ0v) is 25.5. The number of fused-ring (bicyclic) bond motifs is 1. The molecule has 0 aromatic heterocycles. The molecule has 1 aliphatic heterocycles. The highest BCUT2D eigenvalue weighted by Crippen LogP contribution is 2.36. The van der Waals surface area contributed by atoms with E-state index in [9.17, 15) is 4.79 Å². The molecule has 4 rings (SSSR count). The molecule has 0 radical (unpaired) electrons. The lowest BCUT2D eigenvalue weighted by atomic mass is 9.85. The fourth-order valence-electron chi connectivity index (χ4n) is 5.17. The van der Waals surface area contributed by atoms with Crippen molar-refractivity contribution >= 4 is 29.3 Å². The van der Waals surface area contributed by atoms with Crippen molar-refractivity contribution in [1.29, 1.82) is 0 Å². The van der Waals surface area contributed by atoms with Gasteiger partial charge in [0.05, 0.1) is 5.70 Å². The van der Waals surface area contributed by atoms with Gasteiger partial charge in [-0.1, -0.05) is 68.5 Å². The van der Waals surface area contributed by atoms with Gasteiger partial charge >= 0.3 is 0 Å². The van der Waals surface area contributed by atoms with Crippen LogP contribution in [0.4, 0.5) is 11.4 Å². The Kier molecular flexibility index (Phi) is 14.6. The molecule has 7 nitrogen and oxygen atoms in total. The number of hydrogen-bond donors (Lipinski definition) is 4. The first-order valence-electron chi connectivity index (χ1n) is 14.5. The molecule has 224 valence electrons. The molecule has 3 aromatic rings. The molecule has 0 saturated heterocycles. The number of nitrogens with two attached hydrogens (primary N) is 2. The maximum Gasteiger partial charge on any atom is 0.224 e. The van der Waals surface area contributed by atoms with E-state index < -0.39 is 0 Å². The summed E-state index contributed by atoms with van der Waals surface area (Å²) in [5, 5.41) is 2.97. The highest BCUT2D eigenvalue weighted by atomic mass is 16.1. The minimum absolute atomic E-state index is 0.0610. The number of benzene rings is 3. The molecular formula is C35H47N5O2. The third kappa shape index (κ3) is 10.2. The maximum absolute atomic E-state index is 12.0. The topological polar surface area (TPSA) is 113 Å². The first-order chi connectivity index (χ1) is 20.3. The predicted octanol–water partition coefficient (Wildman–Crippen LogP) is 6.67. The van der Waals surface area contributed by atoms with Crippen molar-refractivity contribution in [1.82, 2.24) is 5.43 Å². The number of amides is 1. The highest BCUT2D eigenvalue weighted by molar-refractivity contribution is 5.91. The van der Waals surface area contributed by atoms with E-state index in [0.29, 0.717) is 24.1 Å². The van der Waals surface area contributed by atoms with Gasteiger partial charge in [-0.25, -0.2) is 0 Å². The molecule has 7 heteroatoms. The van der Waals surface area contributed by atoms with E-state index in [0.717, 1.165) is 36.8 Å². The zero-order valence-electron chi connectivity index (χ0n) is 25.5. The van der Waals surface area contributed by atoms with Gasteiger partial charge in [0.1, 0.15) is 6.29 Å². The molecule has 0 spiro atoms. The Balaban J connectivity index is 0.000000365. The van der Waals surface area contributed by atoms with Gasteiger partial charge in [0.25, 0.3) is 0 Å². The summed E-state index contributed by atoms with van der Waals surface area (Å²) in [6.45, 7) is 9.76. The third-order valence-electron chi connectivity index (χ3n) is 7.23. The van der Waals surface area contributed by atoms with Gasteiger partial charge in [0.2, 0.25) is 5.91 Å². The van der Waals surface area contributed by atoms with E-state index in [1.54, 1.807) is 6.20 Å². The van der Waals surface area contributed by atoms with Crippen LogP contribution in [0.15, 0.2) is 91.7 Å². The van der Waals surface area contributed by atoms with Crippen LogP contribution in [-0.4, -0.2) is 25.3 Å². The van der Waals surface area contributed by atoms with Gasteiger partial charge in [-0.05, 0) is 85.0 Å². The van der Waals surface area contributed by atoms with Crippen molar-refractivity contribution in [3.63, 3.8) is 0 Å². The minimum Gasteiger partial charge on any atom is -0.397 e. The van der Waals surface area contributed by atoms with Crippen molar-refractivity contribution in [2.45, 2.75) is 58.9 Å². The summed E-state index contributed by atoms with van der Waals surface area (Å²) in [5.41, 5.74) is 15.7. The second kappa shape index (κ2) is 18.1. The van der Waals surface area contributed by atoms with Gasteiger partial charge in [-0.3, -0.25) is 10.6 Å². The smallest absolute Gasteiger partial charge is 0.224 e. The van der Waals surface area contributed by atoms with Crippen LogP contribution in [0, 0.1) is 5.92 Å². The first-order valence-corrected chi connectivity index (χ1v) is 14.5. The number of aldehydes is 1. The molecule has 1 heterocycles. The van der Waals surface area contributed by atoms with Crippen LogP contribution in [-0.2, 0) is 16.0 Å². The molecule has 0 aliphatic carbocycles. The fourth-order valence-corrected chi connectivity index (χ4v) is 5.17. The monoisotopic (exact) mass is 569 g/mol. The maximum atomic E-state index is 12.0. The van der Waals surface area contributed by atoms with E-state index in [4.69, 9.17) is 16.4 Å². The Bertz CT molecular complexity index is 1290. The van der Waals surface area contributed by atoms with Crippen LogP contribution in [0.1, 0.15) is 57.6 Å². The number of hydrogen-bond acceptors (Lipinski definition) is 6. The van der Waals surface area contributed by atoms with Crippen LogP contribution < -0.4 is 27.2 Å². The number of hydrazine groups is 1. The number of carbonyl (C=O) groups is 2. The number of allylic oxidation sites excluding steroid dienone is 1. The van der Waals surface area contributed by atoms with E-state index in [1.807, 2.05) is 48.5 Å². The standard InChI is InChI=1S/C25H32N2O.C8H11N3.C2H4O/c1-5-7-8-9-25(28)26-22-13-10-19(11-14-22)20-12-15-24-21(17-20)16-18(3)23(6-2)27(24)4;9-8(6-11-10)7-4-2-1-3-5-7;1-2-3/h5,10-15,17-18,23H,1,6-9,16H2,2-4H3,(H,26,28);1-6,11H,9-10H2;2H,1H3/b;8-6-;. The SMILES string of the molecule is C=CCCCC(=O)Nc1ccc(-c2ccc3c(c2)CC(C)C(CC)N3C)cc1.CC=O.NN/C=C(\N)c1ccccc1. The summed E-state index contributed by atoms with van der Waals surface area (Å²) >= 11 is 0. The Morgan fingerprint density at radius 3 is 2.31 bits per heavy atom. The number of nitrogens with one attached hydrogen (secondary N) is 2. The summed E-state index contributed by atoms with van der Waals surface area (Å²) in [7, 11) is 2.22. The molecular weight excluding hydrogens is 522 g/mol. The van der Waals surface area contributed by atoms with Gasteiger partial charge in [0.15, 0.2) is 0 Å². The zero-order chi connectivity index (χ0) is 30.9. The van der Waals surface area contributed by atoms with Crippen molar-refractivity contribution in [3.05, 3.63) is 103 Å². The number of rotatable bonds is 9. The molecule has 6 N–H and O–H groups in total. The Morgan fingerprint density at radius 2 is 1.71 bits per heavy atom. The van der Waals surface area contributed by atoms with Gasteiger partial charge in [-0.15, -0.1) is 6.58 Å². The van der Waals surface area contributed by atoms with Gasteiger partial charge < -0.3 is 26.2 Å². The number of unbranched alkanes of at least 4 members (excludes halogenated alkanes) is 1. The van der Waals surface area contributed by atoms with Crippen molar-refractivity contribution < 1.29 is 9.59 Å². The Hall–Kier alpha value is -4.36. The average molecular weight is 570 g/mol. The second-order valence-corrected chi connectivity index (χ2v) is 10.3. The van der Waals surface area contributed by atoms with Crippen LogP contribution in [0.5, 0.6) is 0 Å². The van der Waals surface area contributed by atoms with Crippen molar-refractivity contribution in [2.75, 3.05) is 17.3 Å². The number of anilines is 2. The summed E-state index contributed by atoms with van der Waals surface area (Å²) in [4.78, 5) is 23.2. The van der Waals surface area contributed by atoms with E-state index in [2.05, 4.69) is 73.4 Å². The molecule has 42 heavy (non-hydrogen) atoms. The quantitative estimate of drug-likeness (QED) is 0.0753. The average Bonchev–Trinajstić information content (AvgIpc) is 2.99. The largest absolute Gasteiger partial charge is 0.397 e. The first kappa shape index (κ1) is 33.8. The predicted molar refractivity (Wildman–Crippen MR) is 178 cm³/mol. The summed E-state index contributed by atoms with van der Waals surface area (Å²) in [6, 6.07) is 25.2. The van der Waals surface area contributed by atoms with Crippen LogP contribution in [0.3, 0.4) is 0 Å². The lowest BCUT2D eigenvalue weighted by molar-refractivity contribution is -0.116. The molecule has 0 saturated carbocycles. The number of carbonyl (C=O) groups excluding carboxylic acids is 2. The highest BCUT2D eigenvalue weighted by Gasteiger charge is 2.28. The summed E-state index contributed by atoms with van der Waals surface area (Å²) in [5.74, 6) is 5.78. The van der Waals surface area contributed by atoms with Gasteiger partial charge in [-0.2, -0.15) is 0 Å². The molecule has 2 unspecified atom stereocenters. The summed E-state index contributed by atoms with van der Waals surface area (Å²) in [6.07, 6.45) is 8.70. The third-order valence-corrected chi connectivity index (χ3v) is 7.23. The fraction of sp³-hybridized carbons (Fsp3) is 0.314. The molecule has 1 aliphatic rings. The molecule has 0 bridgehead atoms. The Labute approximate surface area is 251 Å². The van der Waals surface area contributed by atoms with E-state index >= 15 is 0 Å². The van der Waals surface area contributed by atoms with Crippen LogP contribution >= 0.6 is 0 Å². The van der Waals surface area contributed by atoms with Crippen LogP contribution in [0.25, 0.3) is 16.8 Å². The number of nitrogens with zero attached hydrogens (tertiary/aromatic N) is 1. The summed E-state index contributed by atoms with van der Waals surface area (Å²) < 4.78 is 0. The minimum atomic E-state index is 0.0610. The van der Waals surface area contributed by atoms with E-state index in [1.165, 1.54) is 35.7 Å². The normalized spacial score (nSPS) is 15.5. The Morgan fingerprint density at radius 1 is 1.07 bits per heavy atom. The van der Waals surface area contributed by atoms with Crippen molar-refractivity contribution in [3.8, 4) is 11.1 Å². The second-order valence-electron chi connectivity index (χ2n) is 10.3. The van der Waals surface area contributed by atoms with Crippen molar-refractivity contribution in [2.24, 2.45) is 17.5 Å². The lowest BCUT2D eigenvalue weighted by Gasteiger charge is -2.40.